The minimum Gasteiger partial charge on any atom is -0.487 e. The van der Waals surface area contributed by atoms with Gasteiger partial charge in [0.15, 0.2) is 0 Å². The van der Waals surface area contributed by atoms with Crippen LogP contribution in [0.5, 0.6) is 5.75 Å². The first-order valence-electron chi connectivity index (χ1n) is 17.7. The Bertz CT molecular complexity index is 1970. The quantitative estimate of drug-likeness (QED) is 0.0706. The number of nitrogens with two attached hydrogens (primary N) is 1. The maximum atomic E-state index is 12.3. The zero-order chi connectivity index (χ0) is 35.9. The van der Waals surface area contributed by atoms with E-state index in [9.17, 15) is 18.3 Å². The molecule has 0 radical (unpaired) electrons. The third kappa shape index (κ3) is 12.2. The summed E-state index contributed by atoms with van der Waals surface area (Å²) >= 11 is 0. The van der Waals surface area contributed by atoms with Crippen molar-refractivity contribution < 1.29 is 23.0 Å². The van der Waals surface area contributed by atoms with Crippen LogP contribution in [0, 0.1) is 0 Å². The summed E-state index contributed by atoms with van der Waals surface area (Å²) in [4.78, 5) is 17.7. The maximum absolute atomic E-state index is 12.3. The number of nitrogens with one attached hydrogen (secondary N) is 1. The van der Waals surface area contributed by atoms with Gasteiger partial charge in [0.05, 0.1) is 16.5 Å². The summed E-state index contributed by atoms with van der Waals surface area (Å²) in [6.07, 6.45) is 6.07. The number of aromatic nitrogens is 1. The number of sulfonamides is 1. The summed E-state index contributed by atoms with van der Waals surface area (Å²) in [7, 11) is -3.69. The van der Waals surface area contributed by atoms with E-state index in [1.165, 1.54) is 17.7 Å². The second-order valence-electron chi connectivity index (χ2n) is 13.0. The molecule has 1 aromatic heterocycles. The van der Waals surface area contributed by atoms with E-state index in [0.717, 1.165) is 80.1 Å². The lowest BCUT2D eigenvalue weighted by molar-refractivity contribution is 0.108. The van der Waals surface area contributed by atoms with E-state index in [2.05, 4.69) is 22.0 Å². The van der Waals surface area contributed by atoms with E-state index in [1.807, 2.05) is 66.7 Å². The molecule has 1 heterocycles. The number of pyridine rings is 1. The first kappa shape index (κ1) is 37.9. The Morgan fingerprint density at radius 3 is 2.20 bits per heavy atom. The lowest BCUT2D eigenvalue weighted by atomic mass is 10.0. The van der Waals surface area contributed by atoms with Gasteiger partial charge in [-0.3, -0.25) is 9.69 Å². The zero-order valence-corrected chi connectivity index (χ0v) is 29.9. The van der Waals surface area contributed by atoms with Crippen LogP contribution in [0.4, 0.5) is 0 Å². The molecule has 5 rings (SSSR count). The smallest absolute Gasteiger partial charge is 0.248 e. The number of ether oxygens (including phenoxy) is 2. The van der Waals surface area contributed by atoms with E-state index in [-0.39, 0.29) is 10.5 Å². The van der Waals surface area contributed by atoms with Gasteiger partial charge >= 0.3 is 0 Å². The van der Waals surface area contributed by atoms with Crippen LogP contribution in [-0.2, 0) is 34.3 Å². The molecule has 1 atom stereocenters. The molecular weight excluding hydrogens is 663 g/mol. The van der Waals surface area contributed by atoms with Crippen molar-refractivity contribution in [1.29, 1.82) is 0 Å². The van der Waals surface area contributed by atoms with Crippen LogP contribution in [0.3, 0.4) is 0 Å². The number of aryl methyl sites for hydroxylation is 1. The number of hydrogen-bond donors (Lipinski definition) is 3. The third-order valence-corrected chi connectivity index (χ3v) is 9.82. The molecular formula is C41H49N3O6S. The normalized spacial score (nSPS) is 12.4. The van der Waals surface area contributed by atoms with Crippen LogP contribution in [0.2, 0.25) is 0 Å². The predicted octanol–water partition coefficient (Wildman–Crippen LogP) is 6.89. The van der Waals surface area contributed by atoms with Crippen molar-refractivity contribution in [2.75, 3.05) is 26.3 Å². The van der Waals surface area contributed by atoms with Crippen LogP contribution in [-0.4, -0.2) is 49.7 Å². The van der Waals surface area contributed by atoms with E-state index in [4.69, 9.17) is 14.6 Å². The highest BCUT2D eigenvalue weighted by molar-refractivity contribution is 7.89. The number of hydrogen-bond acceptors (Lipinski definition) is 7. The van der Waals surface area contributed by atoms with Gasteiger partial charge in [-0.1, -0.05) is 98.1 Å². The summed E-state index contributed by atoms with van der Waals surface area (Å²) in [5, 5.41) is 17.6. The number of aromatic amines is 1. The van der Waals surface area contributed by atoms with Gasteiger partial charge in [0, 0.05) is 37.8 Å². The minimum absolute atomic E-state index is 0.142. The second kappa shape index (κ2) is 19.3. The van der Waals surface area contributed by atoms with Crippen LogP contribution in [0.1, 0.15) is 66.9 Å². The van der Waals surface area contributed by atoms with Crippen molar-refractivity contribution >= 4 is 20.9 Å². The molecule has 0 aliphatic heterocycles. The van der Waals surface area contributed by atoms with Gasteiger partial charge in [0.25, 0.3) is 0 Å². The summed E-state index contributed by atoms with van der Waals surface area (Å²) in [6.45, 7) is 3.74. The number of unbranched alkanes of at least 4 members (excludes halogenated alkanes) is 4. The van der Waals surface area contributed by atoms with Crippen LogP contribution in [0.25, 0.3) is 10.9 Å². The highest BCUT2D eigenvalue weighted by Crippen LogP contribution is 2.31. The minimum atomic E-state index is -3.69. The third-order valence-electron chi connectivity index (χ3n) is 8.91. The van der Waals surface area contributed by atoms with Crippen molar-refractivity contribution in [3.8, 4) is 5.75 Å². The SMILES string of the molecule is NS(=O)(=O)c1cccc(CCCOCCCCCCCN(Cc2ccccc2)C[C@H](O)c2ccc(OCc3ccccc3)c3[nH]c(=O)ccc23)c1. The zero-order valence-electron chi connectivity index (χ0n) is 29.1. The Hall–Kier alpha value is -4.32. The molecule has 270 valence electrons. The fraction of sp³-hybridized carbons (Fsp3) is 0.341. The number of fused-ring (bicyclic) bond motifs is 1. The molecule has 0 fully saturated rings. The highest BCUT2D eigenvalue weighted by atomic mass is 32.2. The van der Waals surface area contributed by atoms with Gasteiger partial charge in [0.2, 0.25) is 15.6 Å². The van der Waals surface area contributed by atoms with Gasteiger partial charge in [-0.15, -0.1) is 0 Å². The number of aliphatic hydroxyl groups is 1. The lowest BCUT2D eigenvalue weighted by Gasteiger charge is -2.26. The molecule has 10 heteroatoms. The molecule has 0 bridgehead atoms. The number of rotatable bonds is 21. The number of H-pyrrole nitrogens is 1. The van der Waals surface area contributed by atoms with Gasteiger partial charge < -0.3 is 19.6 Å². The number of nitrogens with zero attached hydrogens (tertiary/aromatic N) is 1. The van der Waals surface area contributed by atoms with E-state index in [1.54, 1.807) is 18.2 Å². The molecule has 0 saturated carbocycles. The fourth-order valence-electron chi connectivity index (χ4n) is 6.24. The number of primary sulfonamides is 1. The van der Waals surface area contributed by atoms with Crippen molar-refractivity contribution in [3.63, 3.8) is 0 Å². The van der Waals surface area contributed by atoms with Crippen LogP contribution >= 0.6 is 0 Å². The first-order chi connectivity index (χ1) is 24.8. The molecule has 0 aliphatic rings. The number of benzene rings is 4. The Morgan fingerprint density at radius 2 is 1.43 bits per heavy atom. The van der Waals surface area contributed by atoms with Gasteiger partial charge in [-0.05, 0) is 78.7 Å². The molecule has 0 saturated heterocycles. The van der Waals surface area contributed by atoms with Gasteiger partial charge in [-0.25, -0.2) is 13.6 Å². The molecule has 4 N–H and O–H groups in total. The van der Waals surface area contributed by atoms with Crippen molar-refractivity contribution in [3.05, 3.63) is 142 Å². The molecule has 51 heavy (non-hydrogen) atoms. The Balaban J connectivity index is 1.08. The average molecular weight is 712 g/mol. The summed E-state index contributed by atoms with van der Waals surface area (Å²) in [6, 6.07) is 33.9. The standard InChI is InChI=1S/C41H49N3O6S/c42-51(47,48)35-20-12-18-32(28-35)19-13-27-49-26-11-3-1-2-10-25-44(29-33-14-6-4-7-15-33)30-38(45)36-21-23-39(41-37(36)22-24-40(46)43-41)50-31-34-16-8-5-9-17-34/h4-9,12,14-18,20-24,28,38,45H,1-3,10-11,13,19,25-27,29-31H2,(H,43,46)(H2,42,47,48)/t38-/m0/s1. The average Bonchev–Trinajstić information content (AvgIpc) is 3.13. The molecule has 0 aliphatic carbocycles. The van der Waals surface area contributed by atoms with Gasteiger partial charge in [0.1, 0.15) is 12.4 Å². The largest absolute Gasteiger partial charge is 0.487 e. The van der Waals surface area contributed by atoms with Crippen molar-refractivity contribution in [2.24, 2.45) is 5.14 Å². The maximum Gasteiger partial charge on any atom is 0.248 e. The Labute approximate surface area is 301 Å². The monoisotopic (exact) mass is 711 g/mol. The fourth-order valence-corrected chi connectivity index (χ4v) is 6.83. The summed E-state index contributed by atoms with van der Waals surface area (Å²) in [5.74, 6) is 0.571. The predicted molar refractivity (Wildman–Crippen MR) is 202 cm³/mol. The van der Waals surface area contributed by atoms with E-state index < -0.39 is 16.1 Å². The van der Waals surface area contributed by atoms with Gasteiger partial charge in [-0.2, -0.15) is 0 Å². The molecule has 0 unspecified atom stereocenters. The first-order valence-corrected chi connectivity index (χ1v) is 19.3. The second-order valence-corrected chi connectivity index (χ2v) is 14.5. The summed E-state index contributed by atoms with van der Waals surface area (Å²) in [5.41, 5.74) is 4.27. The van der Waals surface area contributed by atoms with Crippen LogP contribution in [0.15, 0.2) is 119 Å². The highest BCUT2D eigenvalue weighted by Gasteiger charge is 2.19. The van der Waals surface area contributed by atoms with Crippen molar-refractivity contribution in [2.45, 2.75) is 69.1 Å². The van der Waals surface area contributed by atoms with Crippen LogP contribution < -0.4 is 15.4 Å². The molecule has 5 aromatic rings. The molecule has 9 nitrogen and oxygen atoms in total. The van der Waals surface area contributed by atoms with Crippen molar-refractivity contribution in [1.82, 2.24) is 9.88 Å². The topological polar surface area (TPSA) is 135 Å². The molecule has 0 amide bonds. The lowest BCUT2D eigenvalue weighted by Crippen LogP contribution is -2.29. The van der Waals surface area contributed by atoms with E-state index in [0.29, 0.717) is 37.6 Å². The Morgan fingerprint density at radius 1 is 0.745 bits per heavy atom. The number of aliphatic hydroxyl groups excluding tert-OH is 1. The molecule has 0 spiro atoms. The summed E-state index contributed by atoms with van der Waals surface area (Å²) < 4.78 is 35.1. The van der Waals surface area contributed by atoms with E-state index >= 15 is 0 Å². The molecule has 4 aromatic carbocycles. The Kier molecular flexibility index (Phi) is 14.4.